The molecule has 6 nitrogen and oxygen atoms in total. The van der Waals surface area contributed by atoms with E-state index in [1.807, 2.05) is 19.1 Å². The number of sulfonamides is 1. The van der Waals surface area contributed by atoms with Crippen LogP contribution in [0.2, 0.25) is 5.02 Å². The number of aryl methyl sites for hydroxylation is 1. The molecule has 0 atom stereocenters. The molecule has 0 radical (unpaired) electrons. The average Bonchev–Trinajstić information content (AvgIpc) is 2.61. The number of benzene rings is 2. The van der Waals surface area contributed by atoms with E-state index in [0.717, 1.165) is 15.6 Å². The molecule has 0 heterocycles. The first-order chi connectivity index (χ1) is 12.2. The van der Waals surface area contributed by atoms with Gasteiger partial charge in [0.25, 0.3) is 0 Å². The molecule has 2 aromatic carbocycles. The predicted molar refractivity (Wildman–Crippen MR) is 104 cm³/mol. The lowest BCUT2D eigenvalue weighted by Gasteiger charge is -2.15. The molecular formula is C18H22ClN3O3S. The number of hydrogen-bond acceptors (Lipinski definition) is 4. The third-order valence-electron chi connectivity index (χ3n) is 3.83. The topological polar surface area (TPSA) is 78.5 Å². The Hall–Kier alpha value is -2.09. The van der Waals surface area contributed by atoms with Crippen molar-refractivity contribution in [2.75, 3.05) is 26.0 Å². The second kappa shape index (κ2) is 8.53. The Kier molecular flexibility index (Phi) is 6.63. The van der Waals surface area contributed by atoms with Crippen LogP contribution in [0.5, 0.6) is 0 Å². The molecule has 0 aromatic heterocycles. The summed E-state index contributed by atoms with van der Waals surface area (Å²) in [6.07, 6.45) is 0. The van der Waals surface area contributed by atoms with Crippen molar-refractivity contribution >= 4 is 33.2 Å². The highest BCUT2D eigenvalue weighted by Gasteiger charge is 2.20. The van der Waals surface area contributed by atoms with Crippen molar-refractivity contribution in [2.24, 2.45) is 0 Å². The highest BCUT2D eigenvalue weighted by atomic mass is 35.5. The van der Waals surface area contributed by atoms with Gasteiger partial charge in [0.1, 0.15) is 0 Å². The Morgan fingerprint density at radius 3 is 2.50 bits per heavy atom. The highest BCUT2D eigenvalue weighted by molar-refractivity contribution is 7.89. The van der Waals surface area contributed by atoms with Gasteiger partial charge in [-0.2, -0.15) is 0 Å². The van der Waals surface area contributed by atoms with E-state index >= 15 is 0 Å². The molecule has 2 aromatic rings. The third kappa shape index (κ3) is 4.97. The second-order valence-electron chi connectivity index (χ2n) is 5.99. The Morgan fingerprint density at radius 1 is 1.15 bits per heavy atom. The van der Waals surface area contributed by atoms with Gasteiger partial charge in [0, 0.05) is 31.4 Å². The van der Waals surface area contributed by atoms with E-state index in [-0.39, 0.29) is 23.9 Å². The van der Waals surface area contributed by atoms with Crippen LogP contribution in [0.25, 0.3) is 0 Å². The third-order valence-corrected chi connectivity index (χ3v) is 6.15. The van der Waals surface area contributed by atoms with Crippen LogP contribution in [0, 0.1) is 6.92 Å². The number of amides is 1. The molecule has 0 aliphatic heterocycles. The Balaban J connectivity index is 1.99. The van der Waals surface area contributed by atoms with Crippen LogP contribution in [0.3, 0.4) is 0 Å². The Morgan fingerprint density at radius 2 is 1.85 bits per heavy atom. The molecule has 0 bridgehead atoms. The van der Waals surface area contributed by atoms with Gasteiger partial charge in [-0.1, -0.05) is 35.9 Å². The monoisotopic (exact) mass is 395 g/mol. The zero-order valence-electron chi connectivity index (χ0n) is 14.9. The minimum Gasteiger partial charge on any atom is -0.376 e. The lowest BCUT2D eigenvalue weighted by Crippen LogP contribution is -2.30. The van der Waals surface area contributed by atoms with Gasteiger partial charge in [-0.05, 0) is 36.2 Å². The molecule has 2 rings (SSSR count). The molecule has 140 valence electrons. The summed E-state index contributed by atoms with van der Waals surface area (Å²) in [7, 11) is -0.621. The van der Waals surface area contributed by atoms with E-state index in [2.05, 4.69) is 10.6 Å². The van der Waals surface area contributed by atoms with Crippen molar-refractivity contribution in [1.29, 1.82) is 0 Å². The van der Waals surface area contributed by atoms with Crippen molar-refractivity contribution in [3.05, 3.63) is 58.6 Å². The molecule has 0 aliphatic rings. The number of hydrogen-bond donors (Lipinski definition) is 2. The van der Waals surface area contributed by atoms with Crippen molar-refractivity contribution in [3.8, 4) is 0 Å². The van der Waals surface area contributed by atoms with E-state index in [1.165, 1.54) is 20.2 Å². The largest absolute Gasteiger partial charge is 0.376 e. The molecular weight excluding hydrogens is 374 g/mol. The van der Waals surface area contributed by atoms with Crippen molar-refractivity contribution in [3.63, 3.8) is 0 Å². The van der Waals surface area contributed by atoms with Gasteiger partial charge in [0.2, 0.25) is 15.9 Å². The van der Waals surface area contributed by atoms with Crippen molar-refractivity contribution in [2.45, 2.75) is 18.4 Å². The van der Waals surface area contributed by atoms with Gasteiger partial charge in [-0.3, -0.25) is 4.79 Å². The fourth-order valence-electron chi connectivity index (χ4n) is 2.24. The van der Waals surface area contributed by atoms with Crippen LogP contribution in [0.4, 0.5) is 5.69 Å². The SMILES string of the molecule is Cc1ccc(NCC(=O)NCc2ccccc2S(=O)(=O)N(C)C)cc1Cl. The van der Waals surface area contributed by atoms with E-state index in [1.54, 1.807) is 24.3 Å². The quantitative estimate of drug-likeness (QED) is 0.755. The summed E-state index contributed by atoms with van der Waals surface area (Å²) in [5.74, 6) is -0.251. The molecule has 26 heavy (non-hydrogen) atoms. The highest BCUT2D eigenvalue weighted by Crippen LogP contribution is 2.20. The summed E-state index contributed by atoms with van der Waals surface area (Å²) in [5, 5.41) is 6.34. The zero-order chi connectivity index (χ0) is 19.3. The summed E-state index contributed by atoms with van der Waals surface area (Å²) >= 11 is 6.05. The van der Waals surface area contributed by atoms with Crippen LogP contribution < -0.4 is 10.6 Å². The second-order valence-corrected chi connectivity index (χ2v) is 8.52. The maximum absolute atomic E-state index is 12.4. The van der Waals surface area contributed by atoms with Crippen molar-refractivity contribution < 1.29 is 13.2 Å². The fraction of sp³-hybridized carbons (Fsp3) is 0.278. The summed E-state index contributed by atoms with van der Waals surface area (Å²) < 4.78 is 25.9. The first-order valence-electron chi connectivity index (χ1n) is 7.99. The van der Waals surface area contributed by atoms with Gasteiger partial charge < -0.3 is 10.6 Å². The van der Waals surface area contributed by atoms with Gasteiger partial charge in [0.05, 0.1) is 11.4 Å². The summed E-state index contributed by atoms with van der Waals surface area (Å²) in [4.78, 5) is 12.3. The summed E-state index contributed by atoms with van der Waals surface area (Å²) in [6, 6.07) is 12.1. The molecule has 1 amide bonds. The Labute approximate surface area is 159 Å². The van der Waals surface area contributed by atoms with E-state index in [0.29, 0.717) is 10.6 Å². The molecule has 0 aliphatic carbocycles. The van der Waals surface area contributed by atoms with Gasteiger partial charge in [0.15, 0.2) is 0 Å². The number of carbonyl (C=O) groups is 1. The van der Waals surface area contributed by atoms with Crippen LogP contribution in [-0.2, 0) is 21.4 Å². The molecule has 0 saturated heterocycles. The molecule has 2 N–H and O–H groups in total. The maximum atomic E-state index is 12.4. The average molecular weight is 396 g/mol. The molecule has 0 saturated carbocycles. The minimum absolute atomic E-state index is 0.0575. The number of nitrogens with zero attached hydrogens (tertiary/aromatic N) is 1. The van der Waals surface area contributed by atoms with Crippen LogP contribution in [0.15, 0.2) is 47.4 Å². The lowest BCUT2D eigenvalue weighted by molar-refractivity contribution is -0.119. The van der Waals surface area contributed by atoms with Gasteiger partial charge in [-0.15, -0.1) is 0 Å². The number of halogens is 1. The first-order valence-corrected chi connectivity index (χ1v) is 9.81. The van der Waals surface area contributed by atoms with Crippen LogP contribution in [-0.4, -0.2) is 39.3 Å². The van der Waals surface area contributed by atoms with Crippen LogP contribution >= 0.6 is 11.6 Å². The summed E-state index contributed by atoms with van der Waals surface area (Å²) in [6.45, 7) is 2.08. The van der Waals surface area contributed by atoms with Gasteiger partial charge >= 0.3 is 0 Å². The standard InChI is InChI=1S/C18H22ClN3O3S/c1-13-8-9-15(10-16(13)19)20-12-18(23)21-11-14-6-4-5-7-17(14)26(24,25)22(2)3/h4-10,20H,11-12H2,1-3H3,(H,21,23). The van der Waals surface area contributed by atoms with Crippen molar-refractivity contribution in [1.82, 2.24) is 9.62 Å². The van der Waals surface area contributed by atoms with E-state index < -0.39 is 10.0 Å². The van der Waals surface area contributed by atoms with Crippen LogP contribution in [0.1, 0.15) is 11.1 Å². The minimum atomic E-state index is -3.57. The smallest absolute Gasteiger partial charge is 0.242 e. The van der Waals surface area contributed by atoms with E-state index in [9.17, 15) is 13.2 Å². The summed E-state index contributed by atoms with van der Waals surface area (Å²) in [5.41, 5.74) is 2.24. The number of carbonyl (C=O) groups excluding carboxylic acids is 1. The first kappa shape index (κ1) is 20.2. The zero-order valence-corrected chi connectivity index (χ0v) is 16.5. The maximum Gasteiger partial charge on any atom is 0.242 e. The number of anilines is 1. The van der Waals surface area contributed by atoms with Gasteiger partial charge in [-0.25, -0.2) is 12.7 Å². The molecule has 0 unspecified atom stereocenters. The predicted octanol–water partition coefficient (Wildman–Crippen LogP) is 2.63. The molecule has 8 heteroatoms. The molecule has 0 spiro atoms. The normalized spacial score (nSPS) is 11.4. The fourth-order valence-corrected chi connectivity index (χ4v) is 3.54. The number of nitrogens with one attached hydrogen (secondary N) is 2. The lowest BCUT2D eigenvalue weighted by atomic mass is 10.2. The van der Waals surface area contributed by atoms with E-state index in [4.69, 9.17) is 11.6 Å². The number of rotatable bonds is 7. The molecule has 0 fully saturated rings. The Bertz CT molecular complexity index is 898.